The number of nitrogens with one attached hydrogen (secondary N) is 2. The van der Waals surface area contributed by atoms with Gasteiger partial charge in [-0.05, 0) is 12.5 Å². The van der Waals surface area contributed by atoms with Crippen LogP contribution in [0.1, 0.15) is 21.9 Å². The summed E-state index contributed by atoms with van der Waals surface area (Å²) in [7, 11) is 0. The minimum Gasteiger partial charge on any atom is -0.307 e. The number of imide groups is 1. The van der Waals surface area contributed by atoms with E-state index < -0.39 is 11.2 Å². The van der Waals surface area contributed by atoms with Crippen LogP contribution in [0.15, 0.2) is 34.1 Å². The normalized spacial score (nSPS) is 26.5. The van der Waals surface area contributed by atoms with E-state index in [9.17, 15) is 14.4 Å². The minimum atomic E-state index is -0.475. The number of H-pyrrole nitrogens is 1. The lowest BCUT2D eigenvalue weighted by molar-refractivity contribution is -0.125. The van der Waals surface area contributed by atoms with E-state index >= 15 is 0 Å². The second-order valence-corrected chi connectivity index (χ2v) is 7.68. The van der Waals surface area contributed by atoms with E-state index in [-0.39, 0.29) is 22.6 Å². The Bertz CT molecular complexity index is 837. The Labute approximate surface area is 134 Å². The van der Waals surface area contributed by atoms with Crippen molar-refractivity contribution in [3.05, 3.63) is 49.9 Å². The molecule has 5 nitrogen and oxygen atoms in total. The lowest BCUT2D eigenvalue weighted by atomic mass is 9.83. The first-order valence-electron chi connectivity index (χ1n) is 6.85. The van der Waals surface area contributed by atoms with Gasteiger partial charge >= 0.3 is 4.87 Å². The van der Waals surface area contributed by atoms with E-state index in [1.165, 1.54) is 11.8 Å². The quantitative estimate of drug-likeness (QED) is 0.778. The van der Waals surface area contributed by atoms with Gasteiger partial charge in [-0.25, -0.2) is 0 Å². The average molecular weight is 332 g/mol. The molecule has 22 heavy (non-hydrogen) atoms. The number of aromatic amines is 1. The number of hydrogen-bond donors (Lipinski definition) is 2. The number of thiazole rings is 1. The van der Waals surface area contributed by atoms with Crippen molar-refractivity contribution in [3.63, 3.8) is 0 Å². The predicted octanol–water partition coefficient (Wildman–Crippen LogP) is 1.62. The molecule has 1 fully saturated rings. The van der Waals surface area contributed by atoms with Crippen molar-refractivity contribution in [2.75, 3.05) is 0 Å². The molecule has 2 aliphatic rings. The number of carbonyl (C=O) groups is 2. The van der Waals surface area contributed by atoms with Gasteiger partial charge in [0.25, 0.3) is 0 Å². The van der Waals surface area contributed by atoms with Crippen LogP contribution in [0.5, 0.6) is 0 Å². The zero-order valence-electron chi connectivity index (χ0n) is 11.6. The van der Waals surface area contributed by atoms with Crippen LogP contribution >= 0.6 is 23.1 Å². The van der Waals surface area contributed by atoms with Gasteiger partial charge in [0.05, 0.1) is 10.9 Å². The molecule has 112 valence electrons. The molecule has 1 aromatic heterocycles. The van der Waals surface area contributed by atoms with E-state index in [2.05, 4.69) is 10.3 Å². The Morgan fingerprint density at radius 2 is 1.77 bits per heavy atom. The summed E-state index contributed by atoms with van der Waals surface area (Å²) in [5.74, 6) is -1.23. The first-order chi connectivity index (χ1) is 10.5. The van der Waals surface area contributed by atoms with Crippen LogP contribution in [0, 0.1) is 12.8 Å². The minimum absolute atomic E-state index is 0.151. The summed E-state index contributed by atoms with van der Waals surface area (Å²) < 4.78 is 0. The molecule has 0 bridgehead atoms. The Morgan fingerprint density at radius 1 is 1.05 bits per heavy atom. The van der Waals surface area contributed by atoms with Gasteiger partial charge in [0.2, 0.25) is 11.8 Å². The van der Waals surface area contributed by atoms with Gasteiger partial charge in [-0.3, -0.25) is 19.7 Å². The molecular weight excluding hydrogens is 320 g/mol. The van der Waals surface area contributed by atoms with E-state index in [1.54, 1.807) is 0 Å². The van der Waals surface area contributed by atoms with Gasteiger partial charge in [-0.1, -0.05) is 52.9 Å². The SMILES string of the molecule is Cc1ccc([C@H]2c3sc(=O)[nH]c3S[C@@H]3C(=O)NC(=O)[C@H]23)cc1. The Balaban J connectivity index is 1.91. The molecule has 0 unspecified atom stereocenters. The molecule has 2 aliphatic heterocycles. The Kier molecular flexibility index (Phi) is 3.02. The first kappa shape index (κ1) is 13.8. The van der Waals surface area contributed by atoms with Gasteiger partial charge in [-0.2, -0.15) is 0 Å². The number of hydrogen-bond acceptors (Lipinski definition) is 5. The second kappa shape index (κ2) is 4.82. The van der Waals surface area contributed by atoms with E-state index in [0.29, 0.717) is 5.03 Å². The fourth-order valence-corrected chi connectivity index (χ4v) is 5.55. The lowest BCUT2D eigenvalue weighted by Gasteiger charge is -2.29. The van der Waals surface area contributed by atoms with E-state index in [4.69, 9.17) is 0 Å². The number of amides is 2. The van der Waals surface area contributed by atoms with Gasteiger partial charge in [0.1, 0.15) is 5.25 Å². The summed E-state index contributed by atoms with van der Waals surface area (Å²) >= 11 is 2.41. The molecule has 0 aliphatic carbocycles. The maximum absolute atomic E-state index is 12.3. The van der Waals surface area contributed by atoms with Crippen LogP contribution in [-0.4, -0.2) is 22.0 Å². The van der Waals surface area contributed by atoms with Crippen LogP contribution in [0.2, 0.25) is 0 Å². The molecule has 3 heterocycles. The average Bonchev–Trinajstić information content (AvgIpc) is 2.98. The standard InChI is InChI=1S/C15H12N2O3S2/c1-6-2-4-7(5-3-6)8-9-10(13(19)16-12(9)18)21-14-11(8)22-15(20)17-14/h2-5,8-10H,1H3,(H,17,20)(H,16,18,19)/t8-,9-,10+/m1/s1. The molecule has 2 N–H and O–H groups in total. The smallest absolute Gasteiger partial charge is 0.305 e. The van der Waals surface area contributed by atoms with Crippen molar-refractivity contribution in [3.8, 4) is 0 Å². The predicted molar refractivity (Wildman–Crippen MR) is 84.2 cm³/mol. The van der Waals surface area contributed by atoms with E-state index in [0.717, 1.165) is 27.3 Å². The van der Waals surface area contributed by atoms with Gasteiger partial charge in [0.15, 0.2) is 0 Å². The fourth-order valence-electron chi connectivity index (χ4n) is 3.07. The summed E-state index contributed by atoms with van der Waals surface area (Å²) in [6.07, 6.45) is 0. The highest BCUT2D eigenvalue weighted by Gasteiger charge is 2.52. The topological polar surface area (TPSA) is 79.0 Å². The fraction of sp³-hybridized carbons (Fsp3) is 0.267. The van der Waals surface area contributed by atoms with Crippen LogP contribution in [0.4, 0.5) is 0 Å². The van der Waals surface area contributed by atoms with Crippen LogP contribution in [0.25, 0.3) is 0 Å². The summed E-state index contributed by atoms with van der Waals surface area (Å²) in [5, 5.41) is 2.66. The van der Waals surface area contributed by atoms with Gasteiger partial charge in [-0.15, -0.1) is 0 Å². The number of carbonyl (C=O) groups excluding carboxylic acids is 2. The Morgan fingerprint density at radius 3 is 2.50 bits per heavy atom. The van der Waals surface area contributed by atoms with Crippen molar-refractivity contribution < 1.29 is 9.59 Å². The van der Waals surface area contributed by atoms with Crippen molar-refractivity contribution >= 4 is 34.9 Å². The first-order valence-corrected chi connectivity index (χ1v) is 8.55. The number of aryl methyl sites for hydroxylation is 1. The Hall–Kier alpha value is -1.86. The van der Waals surface area contributed by atoms with Crippen molar-refractivity contribution in [2.45, 2.75) is 23.1 Å². The second-order valence-electron chi connectivity index (χ2n) is 5.51. The maximum Gasteiger partial charge on any atom is 0.305 e. The summed E-state index contributed by atoms with van der Waals surface area (Å²) in [6.45, 7) is 2.00. The summed E-state index contributed by atoms with van der Waals surface area (Å²) in [5.41, 5.74) is 2.09. The highest BCUT2D eigenvalue weighted by molar-refractivity contribution is 8.00. The monoisotopic (exact) mass is 332 g/mol. The van der Waals surface area contributed by atoms with Gasteiger partial charge in [0, 0.05) is 10.8 Å². The molecule has 0 spiro atoms. The highest BCUT2D eigenvalue weighted by Crippen LogP contribution is 2.50. The molecule has 1 aromatic carbocycles. The van der Waals surface area contributed by atoms with Crippen LogP contribution in [0.3, 0.4) is 0 Å². The molecule has 4 rings (SSSR count). The third-order valence-electron chi connectivity index (χ3n) is 4.10. The number of thioether (sulfide) groups is 1. The zero-order chi connectivity index (χ0) is 15.4. The number of aromatic nitrogens is 1. The highest BCUT2D eigenvalue weighted by atomic mass is 32.2. The third-order valence-corrected chi connectivity index (χ3v) is 6.51. The molecule has 7 heteroatoms. The van der Waals surface area contributed by atoms with Crippen molar-refractivity contribution in [2.24, 2.45) is 5.92 Å². The summed E-state index contributed by atoms with van der Waals surface area (Å²) in [4.78, 5) is 39.5. The molecule has 2 amide bonds. The molecule has 1 saturated heterocycles. The van der Waals surface area contributed by atoms with Crippen molar-refractivity contribution in [1.82, 2.24) is 10.3 Å². The van der Waals surface area contributed by atoms with Crippen LogP contribution < -0.4 is 10.2 Å². The molecule has 2 aromatic rings. The number of rotatable bonds is 1. The maximum atomic E-state index is 12.3. The van der Waals surface area contributed by atoms with Gasteiger partial charge < -0.3 is 4.98 Å². The largest absolute Gasteiger partial charge is 0.307 e. The molecular formula is C15H12N2O3S2. The molecule has 0 saturated carbocycles. The van der Waals surface area contributed by atoms with Crippen molar-refractivity contribution in [1.29, 1.82) is 0 Å². The number of benzene rings is 1. The number of fused-ring (bicyclic) bond motifs is 2. The molecule has 3 atom stereocenters. The molecule has 0 radical (unpaired) electrons. The third kappa shape index (κ3) is 1.96. The van der Waals surface area contributed by atoms with Crippen LogP contribution in [-0.2, 0) is 9.59 Å². The summed E-state index contributed by atoms with van der Waals surface area (Å²) in [6, 6.07) is 7.90. The zero-order valence-corrected chi connectivity index (χ0v) is 13.2. The van der Waals surface area contributed by atoms with E-state index in [1.807, 2.05) is 31.2 Å². The lowest BCUT2D eigenvalue weighted by Crippen LogP contribution is -2.31.